The van der Waals surface area contributed by atoms with Crippen molar-refractivity contribution in [2.24, 2.45) is 0 Å². The number of rotatable bonds is 8. The molecule has 0 bridgehead atoms. The van der Waals surface area contributed by atoms with Crippen LogP contribution in [0.15, 0.2) is 0 Å². The smallest absolute Gasteiger partial charge is 0.303 e. The van der Waals surface area contributed by atoms with E-state index in [1.54, 1.807) is 6.92 Å². The molecular formula is C16H24O10. The van der Waals surface area contributed by atoms with Crippen LogP contribution in [0.4, 0.5) is 0 Å². The summed E-state index contributed by atoms with van der Waals surface area (Å²) in [6.07, 6.45) is -3.35. The molecule has 1 fully saturated rings. The summed E-state index contributed by atoms with van der Waals surface area (Å²) in [6, 6.07) is 0. The molecule has 0 saturated carbocycles. The molecule has 0 N–H and O–H groups in total. The Morgan fingerprint density at radius 1 is 0.885 bits per heavy atom. The SMILES string of the molecule is CCO[C@@]1(COC(C)=O)O[C@@H](COC(C)=O)[C@@H](OC(C)=O)[C@H]1OC(C)=O. The maximum Gasteiger partial charge on any atom is 0.303 e. The van der Waals surface area contributed by atoms with Gasteiger partial charge >= 0.3 is 23.9 Å². The van der Waals surface area contributed by atoms with Crippen LogP contribution in [0.25, 0.3) is 0 Å². The van der Waals surface area contributed by atoms with E-state index >= 15 is 0 Å². The molecule has 0 aliphatic carbocycles. The van der Waals surface area contributed by atoms with Crippen LogP contribution in [0.2, 0.25) is 0 Å². The zero-order chi connectivity index (χ0) is 19.9. The third-order valence-electron chi connectivity index (χ3n) is 3.36. The molecule has 10 nitrogen and oxygen atoms in total. The van der Waals surface area contributed by atoms with Gasteiger partial charge in [0, 0.05) is 34.3 Å². The summed E-state index contributed by atoms with van der Waals surface area (Å²) in [5.41, 5.74) is 0. The molecule has 1 aliphatic rings. The third-order valence-corrected chi connectivity index (χ3v) is 3.36. The van der Waals surface area contributed by atoms with E-state index in [1.807, 2.05) is 0 Å². The highest BCUT2D eigenvalue weighted by Crippen LogP contribution is 2.37. The second-order valence-corrected chi connectivity index (χ2v) is 5.59. The Balaban J connectivity index is 3.23. The van der Waals surface area contributed by atoms with E-state index in [-0.39, 0.29) is 13.2 Å². The lowest BCUT2D eigenvalue weighted by molar-refractivity contribution is -0.280. The summed E-state index contributed by atoms with van der Waals surface area (Å²) in [4.78, 5) is 45.4. The summed E-state index contributed by atoms with van der Waals surface area (Å²) < 4.78 is 31.8. The van der Waals surface area contributed by atoms with Crippen molar-refractivity contribution < 1.29 is 47.6 Å². The molecule has 26 heavy (non-hydrogen) atoms. The van der Waals surface area contributed by atoms with Gasteiger partial charge in [-0.2, -0.15) is 0 Å². The normalized spacial score (nSPS) is 27.5. The predicted octanol–water partition coefficient (Wildman–Crippen LogP) is 0.108. The number of carbonyl (C=O) groups is 4. The van der Waals surface area contributed by atoms with Crippen molar-refractivity contribution in [1.29, 1.82) is 0 Å². The zero-order valence-corrected chi connectivity index (χ0v) is 15.4. The fourth-order valence-electron chi connectivity index (χ4n) is 2.55. The summed E-state index contributed by atoms with van der Waals surface area (Å²) in [6.45, 7) is 5.80. The van der Waals surface area contributed by atoms with E-state index in [1.165, 1.54) is 20.8 Å². The van der Waals surface area contributed by atoms with Gasteiger partial charge in [0.1, 0.15) is 19.3 Å². The minimum absolute atomic E-state index is 0.117. The van der Waals surface area contributed by atoms with Gasteiger partial charge in [0.25, 0.3) is 0 Å². The first-order valence-electron chi connectivity index (χ1n) is 8.04. The lowest BCUT2D eigenvalue weighted by atomic mass is 10.0. The summed E-state index contributed by atoms with van der Waals surface area (Å²) in [7, 11) is 0. The molecular weight excluding hydrogens is 352 g/mol. The molecule has 10 heteroatoms. The number of carbonyl (C=O) groups excluding carboxylic acids is 4. The van der Waals surface area contributed by atoms with Crippen molar-refractivity contribution >= 4 is 23.9 Å². The Kier molecular flexibility index (Phi) is 7.97. The van der Waals surface area contributed by atoms with Gasteiger partial charge in [0.15, 0.2) is 12.2 Å². The Morgan fingerprint density at radius 2 is 1.46 bits per heavy atom. The average molecular weight is 376 g/mol. The first-order valence-corrected chi connectivity index (χ1v) is 8.04. The van der Waals surface area contributed by atoms with Crippen LogP contribution in [-0.4, -0.2) is 67.8 Å². The van der Waals surface area contributed by atoms with Crippen molar-refractivity contribution in [1.82, 2.24) is 0 Å². The molecule has 1 aliphatic heterocycles. The van der Waals surface area contributed by atoms with Gasteiger partial charge in [-0.05, 0) is 6.92 Å². The highest BCUT2D eigenvalue weighted by Gasteiger charge is 2.61. The van der Waals surface area contributed by atoms with Gasteiger partial charge < -0.3 is 28.4 Å². The molecule has 0 aromatic rings. The first kappa shape index (κ1) is 21.8. The fourth-order valence-corrected chi connectivity index (χ4v) is 2.55. The van der Waals surface area contributed by atoms with E-state index < -0.39 is 54.6 Å². The molecule has 148 valence electrons. The van der Waals surface area contributed by atoms with Gasteiger partial charge in [0.2, 0.25) is 5.79 Å². The van der Waals surface area contributed by atoms with Gasteiger partial charge in [-0.3, -0.25) is 19.2 Å². The Morgan fingerprint density at radius 3 is 1.92 bits per heavy atom. The van der Waals surface area contributed by atoms with E-state index in [4.69, 9.17) is 28.4 Å². The van der Waals surface area contributed by atoms with Gasteiger partial charge in [-0.25, -0.2) is 0 Å². The van der Waals surface area contributed by atoms with Crippen molar-refractivity contribution in [2.75, 3.05) is 19.8 Å². The van der Waals surface area contributed by atoms with Crippen molar-refractivity contribution in [3.8, 4) is 0 Å². The average Bonchev–Trinajstić information content (AvgIpc) is 2.77. The van der Waals surface area contributed by atoms with E-state index in [0.29, 0.717) is 0 Å². The van der Waals surface area contributed by atoms with Crippen molar-refractivity contribution in [3.63, 3.8) is 0 Å². The van der Waals surface area contributed by atoms with Crippen LogP contribution in [0.1, 0.15) is 34.6 Å². The molecule has 0 radical (unpaired) electrons. The van der Waals surface area contributed by atoms with Gasteiger partial charge in [-0.1, -0.05) is 0 Å². The first-order chi connectivity index (χ1) is 12.1. The zero-order valence-electron chi connectivity index (χ0n) is 15.4. The lowest BCUT2D eigenvalue weighted by Gasteiger charge is -2.33. The minimum atomic E-state index is -1.71. The summed E-state index contributed by atoms with van der Waals surface area (Å²) >= 11 is 0. The minimum Gasteiger partial charge on any atom is -0.463 e. The van der Waals surface area contributed by atoms with E-state index in [0.717, 1.165) is 6.92 Å². The number of ether oxygens (including phenoxy) is 6. The van der Waals surface area contributed by atoms with Gasteiger partial charge in [-0.15, -0.1) is 0 Å². The Bertz CT molecular complexity index is 545. The number of esters is 4. The topological polar surface area (TPSA) is 124 Å². The van der Waals surface area contributed by atoms with Crippen LogP contribution in [-0.2, 0) is 47.6 Å². The number of hydrogen-bond acceptors (Lipinski definition) is 10. The van der Waals surface area contributed by atoms with Crippen LogP contribution < -0.4 is 0 Å². The lowest BCUT2D eigenvalue weighted by Crippen LogP contribution is -2.52. The highest BCUT2D eigenvalue weighted by molar-refractivity contribution is 5.68. The second kappa shape index (κ2) is 9.48. The molecule has 4 atom stereocenters. The van der Waals surface area contributed by atoms with Gasteiger partial charge in [0.05, 0.1) is 0 Å². The predicted molar refractivity (Wildman–Crippen MR) is 83.6 cm³/mol. The van der Waals surface area contributed by atoms with E-state index in [2.05, 4.69) is 0 Å². The van der Waals surface area contributed by atoms with Crippen LogP contribution in [0.5, 0.6) is 0 Å². The van der Waals surface area contributed by atoms with Crippen LogP contribution in [0.3, 0.4) is 0 Å². The molecule has 0 spiro atoms. The molecule has 0 amide bonds. The fraction of sp³-hybridized carbons (Fsp3) is 0.750. The molecule has 1 rings (SSSR count). The molecule has 0 aromatic carbocycles. The maximum atomic E-state index is 11.6. The third kappa shape index (κ3) is 5.95. The molecule has 0 aromatic heterocycles. The molecule has 0 unspecified atom stereocenters. The molecule has 1 heterocycles. The maximum absolute atomic E-state index is 11.6. The quantitative estimate of drug-likeness (QED) is 0.426. The second-order valence-electron chi connectivity index (χ2n) is 5.59. The Labute approximate surface area is 151 Å². The monoisotopic (exact) mass is 376 g/mol. The highest BCUT2D eigenvalue weighted by atomic mass is 16.8. The Hall–Kier alpha value is -2.20. The van der Waals surface area contributed by atoms with Crippen LogP contribution in [0, 0.1) is 0 Å². The largest absolute Gasteiger partial charge is 0.463 e. The standard InChI is InChI=1S/C16H24O10/c1-6-23-16(8-22-10(3)18)15(25-12(5)20)14(24-11(4)19)13(26-16)7-21-9(2)17/h13-15H,6-8H2,1-5H3/t13-,14+,15+,16-/m0/s1. The van der Waals surface area contributed by atoms with Crippen molar-refractivity contribution in [2.45, 2.75) is 58.7 Å². The van der Waals surface area contributed by atoms with Crippen LogP contribution >= 0.6 is 0 Å². The molecule has 1 saturated heterocycles. The summed E-state index contributed by atoms with van der Waals surface area (Å²) in [5, 5.41) is 0. The summed E-state index contributed by atoms with van der Waals surface area (Å²) in [5.74, 6) is -4.24. The van der Waals surface area contributed by atoms with E-state index in [9.17, 15) is 19.2 Å². The van der Waals surface area contributed by atoms with Crippen molar-refractivity contribution in [3.05, 3.63) is 0 Å². The number of hydrogen-bond donors (Lipinski definition) is 0.